The van der Waals surface area contributed by atoms with Gasteiger partial charge in [0.05, 0.1) is 16.9 Å². The van der Waals surface area contributed by atoms with Gasteiger partial charge in [0.2, 0.25) is 0 Å². The van der Waals surface area contributed by atoms with Gasteiger partial charge in [-0.1, -0.05) is 24.3 Å². The van der Waals surface area contributed by atoms with Crippen molar-refractivity contribution in [2.45, 2.75) is 50.3 Å². The maximum Gasteiger partial charge on any atom is 0.416 e. The Balaban J connectivity index is 1.40. The number of fused-ring (bicyclic) bond motifs is 3. The lowest BCUT2D eigenvalue weighted by atomic mass is 9.94. The van der Waals surface area contributed by atoms with Crippen molar-refractivity contribution >= 4 is 15.8 Å². The summed E-state index contributed by atoms with van der Waals surface area (Å²) >= 11 is 0. The van der Waals surface area contributed by atoms with Crippen molar-refractivity contribution in [3.63, 3.8) is 0 Å². The van der Waals surface area contributed by atoms with E-state index in [-0.39, 0.29) is 11.0 Å². The van der Waals surface area contributed by atoms with Crippen LogP contribution >= 0.6 is 0 Å². The Kier molecular flexibility index (Phi) is 6.85. The van der Waals surface area contributed by atoms with E-state index in [1.54, 1.807) is 11.7 Å². The summed E-state index contributed by atoms with van der Waals surface area (Å²) in [6.45, 7) is 4.56. The molecule has 0 bridgehead atoms. The molecule has 0 unspecified atom stereocenters. The highest BCUT2D eigenvalue weighted by molar-refractivity contribution is 7.86. The van der Waals surface area contributed by atoms with Gasteiger partial charge in [-0.05, 0) is 66.4 Å². The van der Waals surface area contributed by atoms with Crippen LogP contribution in [-0.2, 0) is 29.8 Å². The maximum atomic E-state index is 13.2. The SMILES string of the molecule is Cc1nn(C)c(C)c1-c1cc2c(c(N3CCC(Oc4ccc(C(F)(F)F)cc4)CC3)c1S(=O)(=O)O)Cc1ccccc1-2. The highest BCUT2D eigenvalue weighted by Gasteiger charge is 2.36. The predicted octanol–water partition coefficient (Wildman–Crippen LogP) is 6.59. The van der Waals surface area contributed by atoms with Gasteiger partial charge in [0.1, 0.15) is 16.7 Å². The lowest BCUT2D eigenvalue weighted by molar-refractivity contribution is -0.137. The maximum absolute atomic E-state index is 13.2. The number of benzene rings is 3. The van der Waals surface area contributed by atoms with Crippen LogP contribution in [0.25, 0.3) is 22.3 Å². The molecule has 1 N–H and O–H groups in total. The van der Waals surface area contributed by atoms with Crippen LogP contribution in [0.3, 0.4) is 0 Å². The monoisotopic (exact) mass is 597 g/mol. The minimum absolute atomic E-state index is 0.129. The molecular formula is C31H30F3N3O4S. The summed E-state index contributed by atoms with van der Waals surface area (Å²) in [5.74, 6) is 0.348. The van der Waals surface area contributed by atoms with Gasteiger partial charge in [0.15, 0.2) is 0 Å². The van der Waals surface area contributed by atoms with E-state index in [2.05, 4.69) is 5.10 Å². The summed E-state index contributed by atoms with van der Waals surface area (Å²) in [4.78, 5) is 1.86. The third-order valence-corrected chi connectivity index (χ3v) is 9.24. The fourth-order valence-electron chi connectivity index (χ4n) is 6.29. The van der Waals surface area contributed by atoms with E-state index >= 15 is 0 Å². The number of halogens is 3. The second-order valence-electron chi connectivity index (χ2n) is 10.9. The van der Waals surface area contributed by atoms with Gasteiger partial charge in [-0.15, -0.1) is 0 Å². The third-order valence-electron chi connectivity index (χ3n) is 8.31. The van der Waals surface area contributed by atoms with Crippen molar-refractivity contribution in [2.24, 2.45) is 7.05 Å². The quantitative estimate of drug-likeness (QED) is 0.230. The molecule has 220 valence electrons. The predicted molar refractivity (Wildman–Crippen MR) is 153 cm³/mol. The van der Waals surface area contributed by atoms with Crippen molar-refractivity contribution in [1.29, 1.82) is 0 Å². The third kappa shape index (κ3) is 4.94. The van der Waals surface area contributed by atoms with Gasteiger partial charge in [0.25, 0.3) is 10.1 Å². The molecule has 1 aliphatic heterocycles. The standard InChI is InChI=1S/C31H30F3N3O4S/c1-18-28(19(2)36(3)35-18)27-17-25-24-7-5-4-6-20(24)16-26(25)29(30(27)42(38,39)40)37-14-12-23(13-15-37)41-22-10-8-21(9-11-22)31(32,33)34/h4-11,17,23H,12-16H2,1-3H3,(H,38,39,40). The Morgan fingerprint density at radius 3 is 2.24 bits per heavy atom. The number of anilines is 1. The zero-order chi connectivity index (χ0) is 30.0. The first-order valence-electron chi connectivity index (χ1n) is 13.7. The van der Waals surface area contributed by atoms with Crippen LogP contribution in [0.1, 0.15) is 40.9 Å². The average Bonchev–Trinajstić information content (AvgIpc) is 3.42. The van der Waals surface area contributed by atoms with Crippen LogP contribution in [0.5, 0.6) is 5.75 Å². The molecule has 0 amide bonds. The summed E-state index contributed by atoms with van der Waals surface area (Å²) in [5, 5.41) is 4.51. The van der Waals surface area contributed by atoms with Gasteiger partial charge in [0, 0.05) is 56.2 Å². The minimum atomic E-state index is -4.67. The van der Waals surface area contributed by atoms with Crippen LogP contribution in [0.15, 0.2) is 59.5 Å². The van der Waals surface area contributed by atoms with E-state index in [4.69, 9.17) is 4.74 Å². The molecule has 0 atom stereocenters. The van der Waals surface area contributed by atoms with Crippen molar-refractivity contribution < 1.29 is 30.9 Å². The molecule has 42 heavy (non-hydrogen) atoms. The van der Waals surface area contributed by atoms with E-state index in [9.17, 15) is 26.1 Å². The molecule has 0 radical (unpaired) electrons. The number of ether oxygens (including phenoxy) is 1. The van der Waals surface area contributed by atoms with Gasteiger partial charge in [-0.3, -0.25) is 9.23 Å². The van der Waals surface area contributed by atoms with Crippen LogP contribution < -0.4 is 9.64 Å². The Hall–Kier alpha value is -3.83. The largest absolute Gasteiger partial charge is 0.490 e. The van der Waals surface area contributed by atoms with E-state index in [1.165, 1.54) is 12.1 Å². The zero-order valence-corrected chi connectivity index (χ0v) is 24.2. The Morgan fingerprint density at radius 2 is 1.64 bits per heavy atom. The van der Waals surface area contributed by atoms with Crippen molar-refractivity contribution in [1.82, 2.24) is 9.78 Å². The van der Waals surface area contributed by atoms with E-state index < -0.39 is 21.9 Å². The molecule has 11 heteroatoms. The normalized spacial score (nSPS) is 15.5. The molecule has 0 spiro atoms. The first-order valence-corrected chi connectivity index (χ1v) is 15.1. The van der Waals surface area contributed by atoms with Crippen molar-refractivity contribution in [3.05, 3.63) is 82.7 Å². The average molecular weight is 598 g/mol. The summed E-state index contributed by atoms with van der Waals surface area (Å²) in [5.41, 5.74) is 6.12. The lowest BCUT2D eigenvalue weighted by Crippen LogP contribution is -2.39. The second-order valence-corrected chi connectivity index (χ2v) is 12.3. The van der Waals surface area contributed by atoms with Crippen LogP contribution in [-0.4, -0.2) is 41.9 Å². The molecule has 1 aromatic heterocycles. The smallest absolute Gasteiger partial charge is 0.416 e. The van der Waals surface area contributed by atoms with Gasteiger partial charge in [-0.2, -0.15) is 26.7 Å². The molecule has 4 aromatic rings. The van der Waals surface area contributed by atoms with Gasteiger partial charge >= 0.3 is 6.18 Å². The first-order chi connectivity index (χ1) is 19.8. The molecule has 0 saturated carbocycles. The van der Waals surface area contributed by atoms with Crippen LogP contribution in [0.2, 0.25) is 0 Å². The van der Waals surface area contributed by atoms with Crippen molar-refractivity contribution in [3.8, 4) is 28.0 Å². The summed E-state index contributed by atoms with van der Waals surface area (Å²) in [6, 6.07) is 14.4. The van der Waals surface area contributed by atoms with E-state index in [0.717, 1.165) is 40.1 Å². The van der Waals surface area contributed by atoms with Crippen LogP contribution in [0.4, 0.5) is 18.9 Å². The highest BCUT2D eigenvalue weighted by Crippen LogP contribution is 2.49. The fourth-order valence-corrected chi connectivity index (χ4v) is 7.23. The number of alkyl halides is 3. The summed E-state index contributed by atoms with van der Waals surface area (Å²) in [7, 11) is -2.88. The highest BCUT2D eigenvalue weighted by atomic mass is 32.2. The van der Waals surface area contributed by atoms with Gasteiger partial charge < -0.3 is 9.64 Å². The first kappa shape index (κ1) is 28.3. The zero-order valence-electron chi connectivity index (χ0n) is 23.4. The number of hydrogen-bond donors (Lipinski definition) is 1. The Morgan fingerprint density at radius 1 is 0.976 bits per heavy atom. The molecule has 6 rings (SSSR count). The number of rotatable bonds is 5. The van der Waals surface area contributed by atoms with Gasteiger partial charge in [-0.25, -0.2) is 0 Å². The number of aryl methyl sites for hydroxylation is 2. The number of aromatic nitrogens is 2. The molecule has 2 heterocycles. The molecule has 3 aromatic carbocycles. The van der Waals surface area contributed by atoms with E-state index in [1.807, 2.05) is 49.1 Å². The molecule has 1 fully saturated rings. The molecule has 1 aliphatic carbocycles. The molecule has 1 saturated heterocycles. The number of piperidine rings is 1. The molecule has 7 nitrogen and oxygen atoms in total. The van der Waals surface area contributed by atoms with E-state index in [0.29, 0.717) is 60.6 Å². The fraction of sp³-hybridized carbons (Fsp3) is 0.323. The minimum Gasteiger partial charge on any atom is -0.490 e. The Bertz CT molecular complexity index is 1790. The number of nitrogens with zero attached hydrogens (tertiary/aromatic N) is 3. The topological polar surface area (TPSA) is 84.7 Å². The lowest BCUT2D eigenvalue weighted by Gasteiger charge is -2.36. The van der Waals surface area contributed by atoms with Crippen molar-refractivity contribution in [2.75, 3.05) is 18.0 Å². The molecular weight excluding hydrogens is 567 g/mol. The Labute approximate surface area is 242 Å². The molecule has 2 aliphatic rings. The number of hydrogen-bond acceptors (Lipinski definition) is 5. The van der Waals surface area contributed by atoms with Crippen LogP contribution in [0, 0.1) is 13.8 Å². The summed E-state index contributed by atoms with van der Waals surface area (Å²) in [6.07, 6.45) is -3.12. The second kappa shape index (κ2) is 10.2. The summed E-state index contributed by atoms with van der Waals surface area (Å²) < 4.78 is 83.7.